The second-order valence-electron chi connectivity index (χ2n) is 3.38. The van der Waals surface area contributed by atoms with Crippen LogP contribution in [0.3, 0.4) is 0 Å². The van der Waals surface area contributed by atoms with Crippen LogP contribution in [0.4, 0.5) is 5.69 Å². The lowest BCUT2D eigenvalue weighted by Gasteiger charge is -2.06. The van der Waals surface area contributed by atoms with Crippen LogP contribution in [0.2, 0.25) is 0 Å². The van der Waals surface area contributed by atoms with Crippen molar-refractivity contribution in [2.75, 3.05) is 5.32 Å². The third kappa shape index (κ3) is 1.04. The molecule has 0 bridgehead atoms. The van der Waals surface area contributed by atoms with Gasteiger partial charge in [-0.15, -0.1) is 0 Å². The standard InChI is InChI=1S/C10H11NO2/c1-5-3-4-6(2)8-7(5)9(12)10(13)11-8/h3-4,9,12H,1-2H3,(H,11,13). The van der Waals surface area contributed by atoms with E-state index in [9.17, 15) is 9.90 Å². The smallest absolute Gasteiger partial charge is 0.257 e. The SMILES string of the molecule is Cc1ccc(C)c2c1NC(=O)C2O. The summed E-state index contributed by atoms with van der Waals surface area (Å²) in [5.74, 6) is -0.326. The first-order valence-corrected chi connectivity index (χ1v) is 4.20. The summed E-state index contributed by atoms with van der Waals surface area (Å²) >= 11 is 0. The lowest BCUT2D eigenvalue weighted by molar-refractivity contribution is -0.123. The van der Waals surface area contributed by atoms with E-state index >= 15 is 0 Å². The van der Waals surface area contributed by atoms with Crippen LogP contribution >= 0.6 is 0 Å². The zero-order chi connectivity index (χ0) is 9.59. The molecule has 0 radical (unpaired) electrons. The second kappa shape index (κ2) is 2.57. The first-order valence-electron chi connectivity index (χ1n) is 4.20. The maximum Gasteiger partial charge on any atom is 0.257 e. The maximum atomic E-state index is 11.2. The summed E-state index contributed by atoms with van der Waals surface area (Å²) in [6, 6.07) is 3.85. The monoisotopic (exact) mass is 177 g/mol. The lowest BCUT2D eigenvalue weighted by Crippen LogP contribution is -2.11. The molecule has 1 unspecified atom stereocenters. The van der Waals surface area contributed by atoms with E-state index in [0.717, 1.165) is 22.4 Å². The Balaban J connectivity index is 2.68. The average Bonchev–Trinajstić information content (AvgIpc) is 2.38. The number of aryl methyl sites for hydroxylation is 2. The van der Waals surface area contributed by atoms with Gasteiger partial charge in [0.05, 0.1) is 5.69 Å². The molecule has 1 aromatic rings. The van der Waals surface area contributed by atoms with Crippen molar-refractivity contribution in [1.82, 2.24) is 0 Å². The second-order valence-corrected chi connectivity index (χ2v) is 3.38. The fourth-order valence-corrected chi connectivity index (χ4v) is 1.67. The zero-order valence-corrected chi connectivity index (χ0v) is 7.59. The lowest BCUT2D eigenvalue weighted by atomic mass is 10.0. The van der Waals surface area contributed by atoms with Crippen LogP contribution in [-0.2, 0) is 4.79 Å². The third-order valence-corrected chi connectivity index (χ3v) is 2.44. The van der Waals surface area contributed by atoms with E-state index in [0.29, 0.717) is 0 Å². The number of fused-ring (bicyclic) bond motifs is 1. The maximum absolute atomic E-state index is 11.2. The van der Waals surface area contributed by atoms with Crippen molar-refractivity contribution in [1.29, 1.82) is 0 Å². The minimum Gasteiger partial charge on any atom is -0.378 e. The fraction of sp³-hybridized carbons (Fsp3) is 0.300. The van der Waals surface area contributed by atoms with Crippen LogP contribution < -0.4 is 5.32 Å². The van der Waals surface area contributed by atoms with Gasteiger partial charge in [-0.25, -0.2) is 0 Å². The summed E-state index contributed by atoms with van der Waals surface area (Å²) in [5.41, 5.74) is 3.44. The molecule has 1 heterocycles. The molecule has 0 aromatic heterocycles. The number of amides is 1. The van der Waals surface area contributed by atoms with E-state index < -0.39 is 6.10 Å². The number of benzene rings is 1. The molecular formula is C10H11NO2. The molecule has 0 saturated heterocycles. The summed E-state index contributed by atoms with van der Waals surface area (Å²) in [5, 5.41) is 12.2. The largest absolute Gasteiger partial charge is 0.378 e. The molecule has 1 aromatic carbocycles. The van der Waals surface area contributed by atoms with Gasteiger partial charge >= 0.3 is 0 Å². The minimum absolute atomic E-state index is 0.326. The third-order valence-electron chi connectivity index (χ3n) is 2.44. The number of carbonyl (C=O) groups excluding carboxylic acids is 1. The van der Waals surface area contributed by atoms with Crippen molar-refractivity contribution < 1.29 is 9.90 Å². The van der Waals surface area contributed by atoms with Gasteiger partial charge in [-0.2, -0.15) is 0 Å². The summed E-state index contributed by atoms with van der Waals surface area (Å²) in [6.45, 7) is 3.80. The summed E-state index contributed by atoms with van der Waals surface area (Å²) in [7, 11) is 0. The van der Waals surface area contributed by atoms with Crippen LogP contribution in [-0.4, -0.2) is 11.0 Å². The van der Waals surface area contributed by atoms with Gasteiger partial charge in [-0.05, 0) is 25.0 Å². The molecular weight excluding hydrogens is 166 g/mol. The normalized spacial score (nSPS) is 19.9. The van der Waals surface area contributed by atoms with Gasteiger partial charge in [0.25, 0.3) is 5.91 Å². The molecule has 1 aliphatic heterocycles. The number of aliphatic hydroxyl groups excluding tert-OH is 1. The highest BCUT2D eigenvalue weighted by Crippen LogP contribution is 2.35. The minimum atomic E-state index is -0.991. The molecule has 3 nitrogen and oxygen atoms in total. The van der Waals surface area contributed by atoms with Crippen molar-refractivity contribution in [3.63, 3.8) is 0 Å². The van der Waals surface area contributed by atoms with Crippen molar-refractivity contribution in [3.8, 4) is 0 Å². The molecule has 3 heteroatoms. The number of hydrogen-bond acceptors (Lipinski definition) is 2. The Morgan fingerprint density at radius 1 is 1.31 bits per heavy atom. The van der Waals surface area contributed by atoms with Crippen LogP contribution in [0.25, 0.3) is 0 Å². The molecule has 13 heavy (non-hydrogen) atoms. The predicted octanol–water partition coefficient (Wildman–Crippen LogP) is 1.29. The van der Waals surface area contributed by atoms with Gasteiger partial charge in [-0.1, -0.05) is 12.1 Å². The van der Waals surface area contributed by atoms with Crippen molar-refractivity contribution >= 4 is 11.6 Å². The number of aliphatic hydroxyl groups is 1. The molecule has 0 saturated carbocycles. The Morgan fingerprint density at radius 3 is 2.54 bits per heavy atom. The van der Waals surface area contributed by atoms with Crippen molar-refractivity contribution in [2.45, 2.75) is 20.0 Å². The molecule has 1 aliphatic rings. The summed E-state index contributed by atoms with van der Waals surface area (Å²) in [6.07, 6.45) is -0.991. The summed E-state index contributed by atoms with van der Waals surface area (Å²) in [4.78, 5) is 11.2. The van der Waals surface area contributed by atoms with Crippen LogP contribution in [0, 0.1) is 13.8 Å². The Kier molecular flexibility index (Phi) is 1.63. The van der Waals surface area contributed by atoms with Crippen LogP contribution in [0.15, 0.2) is 12.1 Å². The van der Waals surface area contributed by atoms with E-state index in [1.54, 1.807) is 0 Å². The Morgan fingerprint density at radius 2 is 1.92 bits per heavy atom. The number of anilines is 1. The Bertz CT molecular complexity index is 385. The predicted molar refractivity (Wildman–Crippen MR) is 49.5 cm³/mol. The van der Waals surface area contributed by atoms with Crippen LogP contribution in [0.1, 0.15) is 22.8 Å². The van der Waals surface area contributed by atoms with Crippen molar-refractivity contribution in [3.05, 3.63) is 28.8 Å². The van der Waals surface area contributed by atoms with Gasteiger partial charge in [0.2, 0.25) is 0 Å². The van der Waals surface area contributed by atoms with E-state index in [2.05, 4.69) is 5.32 Å². The molecule has 0 fully saturated rings. The van der Waals surface area contributed by atoms with Gasteiger partial charge in [0.15, 0.2) is 6.10 Å². The molecule has 1 atom stereocenters. The van der Waals surface area contributed by atoms with Gasteiger partial charge in [0.1, 0.15) is 0 Å². The quantitative estimate of drug-likeness (QED) is 0.627. The Hall–Kier alpha value is -1.35. The molecule has 2 N–H and O–H groups in total. The number of rotatable bonds is 0. The average molecular weight is 177 g/mol. The molecule has 68 valence electrons. The van der Waals surface area contributed by atoms with E-state index in [-0.39, 0.29) is 5.91 Å². The highest BCUT2D eigenvalue weighted by Gasteiger charge is 2.30. The van der Waals surface area contributed by atoms with E-state index in [1.165, 1.54) is 0 Å². The number of nitrogens with one attached hydrogen (secondary N) is 1. The first kappa shape index (κ1) is 8.26. The van der Waals surface area contributed by atoms with Gasteiger partial charge in [0, 0.05) is 5.56 Å². The number of hydrogen-bond donors (Lipinski definition) is 2. The zero-order valence-electron chi connectivity index (χ0n) is 7.59. The summed E-state index contributed by atoms with van der Waals surface area (Å²) < 4.78 is 0. The first-order chi connectivity index (χ1) is 6.11. The molecule has 0 aliphatic carbocycles. The molecule has 1 amide bonds. The van der Waals surface area contributed by atoms with Crippen LogP contribution in [0.5, 0.6) is 0 Å². The van der Waals surface area contributed by atoms with Crippen molar-refractivity contribution in [2.24, 2.45) is 0 Å². The number of carbonyl (C=O) groups is 1. The fourth-order valence-electron chi connectivity index (χ4n) is 1.67. The highest BCUT2D eigenvalue weighted by atomic mass is 16.3. The molecule has 0 spiro atoms. The molecule has 2 rings (SSSR count). The van der Waals surface area contributed by atoms with E-state index in [1.807, 2.05) is 26.0 Å². The van der Waals surface area contributed by atoms with Gasteiger partial charge < -0.3 is 10.4 Å². The van der Waals surface area contributed by atoms with Gasteiger partial charge in [-0.3, -0.25) is 4.79 Å². The highest BCUT2D eigenvalue weighted by molar-refractivity contribution is 6.03. The topological polar surface area (TPSA) is 49.3 Å². The Labute approximate surface area is 76.4 Å². The van der Waals surface area contributed by atoms with E-state index in [4.69, 9.17) is 0 Å².